The maximum absolute atomic E-state index is 11.2. The van der Waals surface area contributed by atoms with E-state index in [1.807, 2.05) is 24.5 Å². The fourth-order valence-electron chi connectivity index (χ4n) is 3.14. The molecular formula is C24H38N4O2. The van der Waals surface area contributed by atoms with E-state index in [2.05, 4.69) is 56.0 Å². The van der Waals surface area contributed by atoms with Gasteiger partial charge in [0.25, 0.3) is 5.91 Å². The first-order valence-electron chi connectivity index (χ1n) is 10.8. The van der Waals surface area contributed by atoms with E-state index in [0.29, 0.717) is 10.8 Å². The van der Waals surface area contributed by atoms with Gasteiger partial charge in [-0.15, -0.1) is 0 Å². The number of nitrogens with one attached hydrogen (secondary N) is 1. The second-order valence-electron chi connectivity index (χ2n) is 10.5. The number of hydrogen-bond donors (Lipinski definition) is 2. The molecule has 30 heavy (non-hydrogen) atoms. The van der Waals surface area contributed by atoms with Gasteiger partial charge in [0, 0.05) is 19.2 Å². The Morgan fingerprint density at radius 2 is 1.73 bits per heavy atom. The normalized spacial score (nSPS) is 12.9. The van der Waals surface area contributed by atoms with Crippen molar-refractivity contribution in [1.29, 1.82) is 0 Å². The molecule has 166 valence electrons. The molecule has 1 aromatic carbocycles. The van der Waals surface area contributed by atoms with Gasteiger partial charge in [-0.05, 0) is 60.5 Å². The quantitative estimate of drug-likeness (QED) is 0.354. The summed E-state index contributed by atoms with van der Waals surface area (Å²) in [6.45, 7) is 17.9. The van der Waals surface area contributed by atoms with Crippen LogP contribution in [0, 0.1) is 10.8 Å². The van der Waals surface area contributed by atoms with E-state index in [4.69, 9.17) is 5.21 Å². The van der Waals surface area contributed by atoms with Crippen LogP contribution in [0.25, 0.3) is 17.1 Å². The molecule has 1 heterocycles. The Bertz CT molecular complexity index is 838. The lowest BCUT2D eigenvalue weighted by Gasteiger charge is -2.29. The highest BCUT2D eigenvalue weighted by atomic mass is 16.5. The third kappa shape index (κ3) is 8.28. The van der Waals surface area contributed by atoms with E-state index in [0.717, 1.165) is 42.8 Å². The predicted molar refractivity (Wildman–Crippen MR) is 123 cm³/mol. The summed E-state index contributed by atoms with van der Waals surface area (Å²) < 4.78 is 2.20. The van der Waals surface area contributed by atoms with Crippen LogP contribution in [0.1, 0.15) is 59.9 Å². The van der Waals surface area contributed by atoms with Crippen LogP contribution < -0.4 is 5.48 Å². The topological polar surface area (TPSA) is 70.4 Å². The number of amides is 1. The van der Waals surface area contributed by atoms with Gasteiger partial charge in [0.2, 0.25) is 0 Å². The first-order chi connectivity index (χ1) is 14.0. The molecule has 0 aliphatic carbocycles. The summed E-state index contributed by atoms with van der Waals surface area (Å²) in [6.07, 6.45) is 7.20. The van der Waals surface area contributed by atoms with Crippen molar-refractivity contribution in [1.82, 2.24) is 19.9 Å². The molecule has 2 rings (SSSR count). The summed E-state index contributed by atoms with van der Waals surface area (Å²) in [5, 5.41) is 8.59. The molecule has 0 saturated heterocycles. The minimum absolute atomic E-state index is 0.332. The van der Waals surface area contributed by atoms with Gasteiger partial charge in [0.15, 0.2) is 0 Å². The van der Waals surface area contributed by atoms with E-state index in [1.165, 1.54) is 18.9 Å². The Morgan fingerprint density at radius 1 is 1.10 bits per heavy atom. The average molecular weight is 415 g/mol. The Labute approximate surface area is 180 Å². The van der Waals surface area contributed by atoms with Gasteiger partial charge in [-0.25, -0.2) is 10.5 Å². The third-order valence-electron chi connectivity index (χ3n) is 5.20. The third-order valence-corrected chi connectivity index (χ3v) is 5.20. The number of hydroxylamine groups is 1. The number of benzene rings is 1. The fraction of sp³-hybridized carbons (Fsp3) is 0.583. The van der Waals surface area contributed by atoms with Crippen molar-refractivity contribution in [2.24, 2.45) is 10.8 Å². The van der Waals surface area contributed by atoms with Gasteiger partial charge in [0.05, 0.1) is 17.4 Å². The lowest BCUT2D eigenvalue weighted by molar-refractivity contribution is -0.124. The van der Waals surface area contributed by atoms with Gasteiger partial charge in [-0.3, -0.25) is 10.0 Å². The van der Waals surface area contributed by atoms with Crippen LogP contribution in [0.5, 0.6) is 0 Å². The first-order valence-corrected chi connectivity index (χ1v) is 10.8. The number of carbonyl (C=O) groups excluding carboxylic acids is 1. The lowest BCUT2D eigenvalue weighted by atomic mass is 9.90. The van der Waals surface area contributed by atoms with Crippen molar-refractivity contribution >= 4 is 23.0 Å². The average Bonchev–Trinajstić information content (AvgIpc) is 3.06. The maximum Gasteiger partial charge on any atom is 0.267 e. The SMILES string of the molecule is CC(C)(C)CCN(CCn1cnc2cc(/C=C/C(=O)NO)ccc21)CCC(C)(C)C. The van der Waals surface area contributed by atoms with E-state index in [9.17, 15) is 4.79 Å². The molecule has 2 N–H and O–H groups in total. The molecule has 0 bridgehead atoms. The molecule has 0 atom stereocenters. The van der Waals surface area contributed by atoms with Crippen molar-refractivity contribution in [2.75, 3.05) is 19.6 Å². The Morgan fingerprint density at radius 3 is 2.30 bits per heavy atom. The summed E-state index contributed by atoms with van der Waals surface area (Å²) in [5.74, 6) is -0.550. The largest absolute Gasteiger partial charge is 0.329 e. The van der Waals surface area contributed by atoms with Gasteiger partial charge < -0.3 is 9.47 Å². The summed E-state index contributed by atoms with van der Waals surface area (Å²) in [4.78, 5) is 18.3. The fourth-order valence-corrected chi connectivity index (χ4v) is 3.14. The van der Waals surface area contributed by atoms with Crippen molar-refractivity contribution in [2.45, 2.75) is 60.9 Å². The van der Waals surface area contributed by atoms with Crippen LogP contribution in [0.15, 0.2) is 30.6 Å². The summed E-state index contributed by atoms with van der Waals surface area (Å²) >= 11 is 0. The monoisotopic (exact) mass is 414 g/mol. The Hall–Kier alpha value is -2.18. The van der Waals surface area contributed by atoms with Crippen LogP contribution in [-0.2, 0) is 11.3 Å². The Balaban J connectivity index is 2.06. The van der Waals surface area contributed by atoms with E-state index < -0.39 is 5.91 Å². The minimum atomic E-state index is -0.550. The van der Waals surface area contributed by atoms with Gasteiger partial charge in [-0.2, -0.15) is 0 Å². The Kier molecular flexibility index (Phi) is 8.21. The molecule has 0 unspecified atom stereocenters. The van der Waals surface area contributed by atoms with Crippen LogP contribution in [-0.4, -0.2) is 45.2 Å². The summed E-state index contributed by atoms with van der Waals surface area (Å²) in [5.41, 5.74) is 5.11. The molecule has 1 amide bonds. The van der Waals surface area contributed by atoms with Crippen molar-refractivity contribution in [3.63, 3.8) is 0 Å². The molecule has 1 aromatic heterocycles. The predicted octanol–water partition coefficient (Wildman–Crippen LogP) is 4.73. The highest BCUT2D eigenvalue weighted by molar-refractivity contribution is 5.91. The van der Waals surface area contributed by atoms with Crippen LogP contribution >= 0.6 is 0 Å². The number of hydrogen-bond acceptors (Lipinski definition) is 4. The standard InChI is InChI=1S/C24H38N4O2/c1-23(2,3)11-13-27(14-12-24(4,5)6)15-16-28-18-25-20-17-19(7-9-21(20)28)8-10-22(29)26-30/h7-10,17-18,30H,11-16H2,1-6H3,(H,26,29)/b10-8+. The molecule has 0 fully saturated rings. The van der Waals surface area contributed by atoms with Gasteiger partial charge >= 0.3 is 0 Å². The van der Waals surface area contributed by atoms with Crippen LogP contribution in [0.2, 0.25) is 0 Å². The van der Waals surface area contributed by atoms with E-state index in [1.54, 1.807) is 11.6 Å². The molecule has 0 saturated carbocycles. The zero-order chi connectivity index (χ0) is 22.4. The number of rotatable bonds is 9. The van der Waals surface area contributed by atoms with Crippen molar-refractivity contribution in [3.8, 4) is 0 Å². The van der Waals surface area contributed by atoms with Crippen LogP contribution in [0.3, 0.4) is 0 Å². The number of fused-ring (bicyclic) bond motifs is 1. The maximum atomic E-state index is 11.2. The zero-order valence-corrected chi connectivity index (χ0v) is 19.4. The van der Waals surface area contributed by atoms with Crippen molar-refractivity contribution < 1.29 is 10.0 Å². The number of nitrogens with zero attached hydrogens (tertiary/aromatic N) is 3. The zero-order valence-electron chi connectivity index (χ0n) is 19.4. The molecule has 6 nitrogen and oxygen atoms in total. The smallest absolute Gasteiger partial charge is 0.267 e. The lowest BCUT2D eigenvalue weighted by Crippen LogP contribution is -2.33. The van der Waals surface area contributed by atoms with Gasteiger partial charge in [0.1, 0.15) is 0 Å². The molecule has 2 aromatic rings. The van der Waals surface area contributed by atoms with E-state index in [-0.39, 0.29) is 0 Å². The minimum Gasteiger partial charge on any atom is -0.329 e. The second-order valence-corrected chi connectivity index (χ2v) is 10.5. The molecule has 6 heteroatoms. The molecule has 0 spiro atoms. The highest BCUT2D eigenvalue weighted by Crippen LogP contribution is 2.22. The molecule has 0 radical (unpaired) electrons. The molecule has 0 aliphatic heterocycles. The summed E-state index contributed by atoms with van der Waals surface area (Å²) in [7, 11) is 0. The van der Waals surface area contributed by atoms with Crippen LogP contribution in [0.4, 0.5) is 0 Å². The number of aromatic nitrogens is 2. The summed E-state index contributed by atoms with van der Waals surface area (Å²) in [6, 6.07) is 5.94. The van der Waals surface area contributed by atoms with Gasteiger partial charge in [-0.1, -0.05) is 47.6 Å². The van der Waals surface area contributed by atoms with Crippen molar-refractivity contribution in [3.05, 3.63) is 36.2 Å². The highest BCUT2D eigenvalue weighted by Gasteiger charge is 2.17. The first kappa shape index (κ1) is 24.1. The van der Waals surface area contributed by atoms with E-state index >= 15 is 0 Å². The number of carbonyl (C=O) groups is 1. The molecule has 0 aliphatic rings. The molecular weight excluding hydrogens is 376 g/mol. The second kappa shape index (κ2) is 10.2. The number of imidazole rings is 1.